The summed E-state index contributed by atoms with van der Waals surface area (Å²) in [7, 11) is 2.84. The first-order valence-electron chi connectivity index (χ1n) is 8.50. The number of para-hydroxylation sites is 2. The largest absolute Gasteiger partial charge is 0.511 e. The third-order valence-corrected chi connectivity index (χ3v) is 4.28. The Morgan fingerprint density at radius 2 is 1.88 bits per heavy atom. The number of benzene rings is 1. The second-order valence-corrected chi connectivity index (χ2v) is 7.07. The lowest BCUT2D eigenvalue weighted by Gasteiger charge is -2.31. The molecule has 1 aliphatic rings. The van der Waals surface area contributed by atoms with Crippen LogP contribution in [0.1, 0.15) is 39.5 Å². The van der Waals surface area contributed by atoms with Crippen molar-refractivity contribution in [1.82, 2.24) is 0 Å². The van der Waals surface area contributed by atoms with Crippen molar-refractivity contribution >= 4 is 23.2 Å². The molecule has 0 amide bonds. The molecule has 0 atom stereocenters. The first kappa shape index (κ1) is 19.7. The summed E-state index contributed by atoms with van der Waals surface area (Å²) in [5.41, 5.74) is 1.05. The van der Waals surface area contributed by atoms with Gasteiger partial charge in [-0.1, -0.05) is 26.0 Å². The predicted molar refractivity (Wildman–Crippen MR) is 99.0 cm³/mol. The van der Waals surface area contributed by atoms with Crippen molar-refractivity contribution in [3.8, 4) is 5.75 Å². The van der Waals surface area contributed by atoms with Gasteiger partial charge in [-0.3, -0.25) is 9.59 Å². The van der Waals surface area contributed by atoms with Gasteiger partial charge in [-0.2, -0.15) is 0 Å². The minimum Gasteiger partial charge on any atom is -0.511 e. The van der Waals surface area contributed by atoms with Crippen LogP contribution in [0.3, 0.4) is 0 Å². The number of rotatable bonds is 5. The van der Waals surface area contributed by atoms with Crippen LogP contribution in [0.2, 0.25) is 0 Å². The Morgan fingerprint density at radius 3 is 2.54 bits per heavy atom. The van der Waals surface area contributed by atoms with Crippen molar-refractivity contribution in [3.63, 3.8) is 0 Å². The second kappa shape index (κ2) is 8.17. The van der Waals surface area contributed by atoms with E-state index >= 15 is 0 Å². The molecule has 0 aromatic heterocycles. The van der Waals surface area contributed by atoms with Gasteiger partial charge in [0.05, 0.1) is 31.9 Å². The highest BCUT2D eigenvalue weighted by Crippen LogP contribution is 2.38. The van der Waals surface area contributed by atoms with Crippen LogP contribution in [0.4, 0.5) is 5.69 Å². The molecule has 0 bridgehead atoms. The zero-order chi connectivity index (χ0) is 19.3. The summed E-state index contributed by atoms with van der Waals surface area (Å²) < 4.78 is 9.92. The highest BCUT2D eigenvalue weighted by molar-refractivity contribution is 6.25. The van der Waals surface area contributed by atoms with E-state index in [1.807, 2.05) is 26.0 Å². The highest BCUT2D eigenvalue weighted by Gasteiger charge is 2.36. The average Bonchev–Trinajstić information content (AvgIpc) is 2.58. The lowest BCUT2D eigenvalue weighted by molar-refractivity contribution is -0.140. The number of hydrogen-bond acceptors (Lipinski definition) is 6. The molecule has 0 saturated heterocycles. The topological polar surface area (TPSA) is 85.2 Å². The quantitative estimate of drug-likeness (QED) is 0.489. The Hall–Kier alpha value is -2.63. The second-order valence-electron chi connectivity index (χ2n) is 7.07. The van der Waals surface area contributed by atoms with Crippen LogP contribution in [-0.4, -0.2) is 36.8 Å². The summed E-state index contributed by atoms with van der Waals surface area (Å²) in [6.45, 7) is 3.98. The molecular weight excluding hydrogens is 334 g/mol. The van der Waals surface area contributed by atoms with Crippen LogP contribution in [-0.2, 0) is 14.3 Å². The minimum absolute atomic E-state index is 0.00441. The van der Waals surface area contributed by atoms with E-state index in [1.165, 1.54) is 7.11 Å². The number of hydrogen-bond donors (Lipinski definition) is 1. The predicted octanol–water partition coefficient (Wildman–Crippen LogP) is 3.92. The van der Waals surface area contributed by atoms with Gasteiger partial charge in [0.15, 0.2) is 5.78 Å². The average molecular weight is 359 g/mol. The summed E-state index contributed by atoms with van der Waals surface area (Å²) >= 11 is 0. The molecule has 1 aromatic carbocycles. The zero-order valence-corrected chi connectivity index (χ0v) is 15.7. The van der Waals surface area contributed by atoms with Crippen LogP contribution in [0, 0.1) is 5.41 Å². The van der Waals surface area contributed by atoms with Gasteiger partial charge >= 0.3 is 5.97 Å². The lowest BCUT2D eigenvalue weighted by atomic mass is 9.73. The van der Waals surface area contributed by atoms with E-state index in [-0.39, 0.29) is 35.4 Å². The third-order valence-electron chi connectivity index (χ3n) is 4.28. The molecule has 0 aliphatic heterocycles. The maximum Gasteiger partial charge on any atom is 0.305 e. The van der Waals surface area contributed by atoms with Crippen LogP contribution in [0.15, 0.2) is 40.6 Å². The lowest BCUT2D eigenvalue weighted by Crippen LogP contribution is -2.32. The highest BCUT2D eigenvalue weighted by atomic mass is 16.5. The number of allylic oxidation sites excluding steroid dienone is 2. The molecule has 1 saturated carbocycles. The van der Waals surface area contributed by atoms with E-state index in [2.05, 4.69) is 9.73 Å². The maximum atomic E-state index is 12.7. The number of aliphatic hydroxyl groups excluding tert-OH is 1. The molecule has 140 valence electrons. The number of Topliss-reactive ketones (excluding diaryl/α,β-unsaturated/α-hetero) is 1. The number of ketones is 1. The van der Waals surface area contributed by atoms with E-state index in [1.54, 1.807) is 19.2 Å². The van der Waals surface area contributed by atoms with Crippen molar-refractivity contribution in [2.45, 2.75) is 39.5 Å². The fourth-order valence-corrected chi connectivity index (χ4v) is 3.03. The molecule has 1 fully saturated rings. The molecule has 6 nitrogen and oxygen atoms in total. The molecule has 1 N–H and O–H groups in total. The molecule has 1 aliphatic carbocycles. The Bertz CT molecular complexity index is 761. The fourth-order valence-electron chi connectivity index (χ4n) is 3.03. The van der Waals surface area contributed by atoms with Crippen LogP contribution in [0.25, 0.3) is 0 Å². The van der Waals surface area contributed by atoms with Crippen molar-refractivity contribution in [2.24, 2.45) is 10.4 Å². The van der Waals surface area contributed by atoms with E-state index in [9.17, 15) is 14.7 Å². The van der Waals surface area contributed by atoms with Crippen molar-refractivity contribution in [3.05, 3.63) is 35.6 Å². The van der Waals surface area contributed by atoms with E-state index in [4.69, 9.17) is 4.74 Å². The van der Waals surface area contributed by atoms with Crippen LogP contribution < -0.4 is 4.74 Å². The first-order chi connectivity index (χ1) is 12.3. The van der Waals surface area contributed by atoms with Gasteiger partial charge in [-0.15, -0.1) is 0 Å². The SMILES string of the molecule is COC(=O)CC/C(O)=C1\C(=O)CC(C)(C)CC1=Nc1ccccc1OC. The number of carbonyl (C=O) groups excluding carboxylic acids is 2. The number of nitrogens with zero attached hydrogens (tertiary/aromatic N) is 1. The number of aliphatic imine (C=N–C) groups is 1. The Kier molecular flexibility index (Phi) is 6.18. The summed E-state index contributed by atoms with van der Waals surface area (Å²) in [6, 6.07) is 7.25. The number of methoxy groups -OCH3 is 2. The monoisotopic (exact) mass is 359 g/mol. The van der Waals surface area contributed by atoms with Crippen LogP contribution >= 0.6 is 0 Å². The number of esters is 1. The van der Waals surface area contributed by atoms with Gasteiger partial charge in [0, 0.05) is 12.8 Å². The summed E-state index contributed by atoms with van der Waals surface area (Å²) in [4.78, 5) is 28.6. The molecule has 2 rings (SSSR count). The van der Waals surface area contributed by atoms with Gasteiger partial charge in [0.2, 0.25) is 0 Å². The number of aliphatic hydroxyl groups is 1. The molecule has 6 heteroatoms. The van der Waals surface area contributed by atoms with E-state index in [0.29, 0.717) is 30.0 Å². The third kappa shape index (κ3) is 4.71. The Morgan fingerprint density at radius 1 is 1.19 bits per heavy atom. The molecule has 26 heavy (non-hydrogen) atoms. The normalized spacial score (nSPS) is 20.0. The van der Waals surface area contributed by atoms with Gasteiger partial charge in [-0.05, 0) is 24.0 Å². The van der Waals surface area contributed by atoms with Crippen LogP contribution in [0.5, 0.6) is 5.75 Å². The van der Waals surface area contributed by atoms with Crippen molar-refractivity contribution in [2.75, 3.05) is 14.2 Å². The molecule has 0 unspecified atom stereocenters. The standard InChI is InChI=1S/C20H25NO5/c1-20(2)11-14(21-13-7-5-6-8-17(13)25-3)19(16(23)12-20)15(22)9-10-18(24)26-4/h5-8,22H,9-12H2,1-4H3/b19-15+,21-14?. The molecule has 1 aromatic rings. The number of ether oxygens (including phenoxy) is 2. The van der Waals surface area contributed by atoms with Gasteiger partial charge < -0.3 is 14.6 Å². The Labute approximate surface area is 153 Å². The summed E-state index contributed by atoms with van der Waals surface area (Å²) in [5, 5.41) is 10.5. The minimum atomic E-state index is -0.441. The van der Waals surface area contributed by atoms with Crippen molar-refractivity contribution in [1.29, 1.82) is 0 Å². The summed E-state index contributed by atoms with van der Waals surface area (Å²) in [5.74, 6) is -0.144. The molecule has 0 spiro atoms. The van der Waals surface area contributed by atoms with Crippen molar-refractivity contribution < 1.29 is 24.2 Å². The summed E-state index contributed by atoms with van der Waals surface area (Å²) in [6.07, 6.45) is 0.896. The Balaban J connectivity index is 2.47. The van der Waals surface area contributed by atoms with Gasteiger partial charge in [0.1, 0.15) is 17.2 Å². The van der Waals surface area contributed by atoms with Gasteiger partial charge in [-0.25, -0.2) is 4.99 Å². The molecule has 0 heterocycles. The molecular formula is C20H25NO5. The van der Waals surface area contributed by atoms with Gasteiger partial charge in [0.25, 0.3) is 0 Å². The number of carbonyl (C=O) groups is 2. The fraction of sp³-hybridized carbons (Fsp3) is 0.450. The van der Waals surface area contributed by atoms with E-state index in [0.717, 1.165) is 0 Å². The molecule has 0 radical (unpaired) electrons. The smallest absolute Gasteiger partial charge is 0.305 e. The zero-order valence-electron chi connectivity index (χ0n) is 15.7. The first-order valence-corrected chi connectivity index (χ1v) is 8.50. The maximum absolute atomic E-state index is 12.7. The van der Waals surface area contributed by atoms with E-state index < -0.39 is 5.97 Å².